The Kier molecular flexibility index (Phi) is 2.81. The zero-order valence-corrected chi connectivity index (χ0v) is 9.92. The largest absolute Gasteiger partial charge is 0.496 e. The van der Waals surface area contributed by atoms with Crippen molar-refractivity contribution in [1.82, 2.24) is 0 Å². The molecule has 0 heterocycles. The zero-order chi connectivity index (χ0) is 12.6. The van der Waals surface area contributed by atoms with Gasteiger partial charge in [-0.2, -0.15) is 0 Å². The van der Waals surface area contributed by atoms with E-state index in [1.807, 2.05) is 0 Å². The number of carbonyl (C=O) groups is 1. The van der Waals surface area contributed by atoms with Crippen LogP contribution in [0.25, 0.3) is 0 Å². The summed E-state index contributed by atoms with van der Waals surface area (Å²) in [5, 5.41) is 8.90. The molecule has 1 saturated carbocycles. The summed E-state index contributed by atoms with van der Waals surface area (Å²) in [6.07, 6.45) is 1.37. The van der Waals surface area contributed by atoms with E-state index in [1.54, 1.807) is 13.0 Å². The topological polar surface area (TPSA) is 46.5 Å². The lowest BCUT2D eigenvalue weighted by atomic mass is 9.90. The van der Waals surface area contributed by atoms with Gasteiger partial charge in [-0.1, -0.05) is 0 Å². The summed E-state index contributed by atoms with van der Waals surface area (Å²) >= 11 is 0. The van der Waals surface area contributed by atoms with Crippen LogP contribution in [0, 0.1) is 12.7 Å². The Morgan fingerprint density at radius 3 is 2.65 bits per heavy atom. The average molecular weight is 238 g/mol. The monoisotopic (exact) mass is 238 g/mol. The van der Waals surface area contributed by atoms with Gasteiger partial charge in [-0.3, -0.25) is 4.79 Å². The lowest BCUT2D eigenvalue weighted by molar-refractivity contribution is -0.137. The van der Waals surface area contributed by atoms with Gasteiger partial charge in [0.2, 0.25) is 0 Å². The highest BCUT2D eigenvalue weighted by molar-refractivity contribution is 5.70. The standard InChI is InChI=1S/C13H15FO3/c1-8-5-9(14)12(10(6-8)17-2)13(3-4-13)7-11(15)16/h5-6H,3-4,7H2,1-2H3,(H,15,16). The number of hydrogen-bond acceptors (Lipinski definition) is 2. The first-order chi connectivity index (χ1) is 7.98. The molecule has 0 saturated heterocycles. The fourth-order valence-corrected chi connectivity index (χ4v) is 2.34. The van der Waals surface area contributed by atoms with Crippen LogP contribution in [0.15, 0.2) is 12.1 Å². The van der Waals surface area contributed by atoms with Crippen molar-refractivity contribution in [2.75, 3.05) is 7.11 Å². The van der Waals surface area contributed by atoms with Gasteiger partial charge >= 0.3 is 5.97 Å². The van der Waals surface area contributed by atoms with Crippen LogP contribution in [0.1, 0.15) is 30.4 Å². The summed E-state index contributed by atoms with van der Waals surface area (Å²) in [5.74, 6) is -0.800. The Morgan fingerprint density at radius 2 is 2.18 bits per heavy atom. The highest BCUT2D eigenvalue weighted by Crippen LogP contribution is 2.54. The molecule has 4 heteroatoms. The molecule has 0 amide bonds. The molecule has 1 aliphatic carbocycles. The smallest absolute Gasteiger partial charge is 0.304 e. The van der Waals surface area contributed by atoms with Crippen LogP contribution in [0.2, 0.25) is 0 Å². The van der Waals surface area contributed by atoms with E-state index in [-0.39, 0.29) is 12.2 Å². The minimum absolute atomic E-state index is 0.0384. The molecule has 1 aromatic carbocycles. The van der Waals surface area contributed by atoms with Crippen molar-refractivity contribution in [3.05, 3.63) is 29.1 Å². The van der Waals surface area contributed by atoms with Crippen molar-refractivity contribution in [1.29, 1.82) is 0 Å². The van der Waals surface area contributed by atoms with Crippen molar-refractivity contribution < 1.29 is 19.0 Å². The Labute approximate surface area is 99.2 Å². The third-order valence-corrected chi connectivity index (χ3v) is 3.29. The van der Waals surface area contributed by atoms with Crippen molar-refractivity contribution in [3.8, 4) is 5.75 Å². The van der Waals surface area contributed by atoms with Crippen molar-refractivity contribution in [3.63, 3.8) is 0 Å². The second-order valence-electron chi connectivity index (χ2n) is 4.67. The van der Waals surface area contributed by atoms with Crippen LogP contribution in [-0.2, 0) is 10.2 Å². The van der Waals surface area contributed by atoms with Crippen LogP contribution in [-0.4, -0.2) is 18.2 Å². The molecule has 0 radical (unpaired) electrons. The van der Waals surface area contributed by atoms with Crippen molar-refractivity contribution in [2.45, 2.75) is 31.6 Å². The summed E-state index contributed by atoms with van der Waals surface area (Å²) in [4.78, 5) is 10.8. The maximum Gasteiger partial charge on any atom is 0.304 e. The minimum Gasteiger partial charge on any atom is -0.496 e. The summed E-state index contributed by atoms with van der Waals surface area (Å²) in [7, 11) is 1.48. The highest BCUT2D eigenvalue weighted by atomic mass is 19.1. The molecule has 92 valence electrons. The molecule has 0 unspecified atom stereocenters. The number of rotatable bonds is 4. The van der Waals surface area contributed by atoms with Crippen molar-refractivity contribution >= 4 is 5.97 Å². The molecule has 0 spiro atoms. The number of carboxylic acid groups (broad SMARTS) is 1. The average Bonchev–Trinajstić information content (AvgIpc) is 2.95. The van der Waals surface area contributed by atoms with Crippen LogP contribution < -0.4 is 4.74 Å². The maximum absolute atomic E-state index is 14.0. The molecule has 0 aliphatic heterocycles. The van der Waals surface area contributed by atoms with Gasteiger partial charge in [-0.25, -0.2) is 4.39 Å². The Balaban J connectivity index is 2.48. The molecule has 3 nitrogen and oxygen atoms in total. The minimum atomic E-state index is -0.899. The normalized spacial score (nSPS) is 16.6. The molecule has 0 bridgehead atoms. The van der Waals surface area contributed by atoms with Crippen LogP contribution >= 0.6 is 0 Å². The van der Waals surface area contributed by atoms with Gasteiger partial charge in [0, 0.05) is 11.0 Å². The molecule has 2 rings (SSSR count). The number of methoxy groups -OCH3 is 1. The molecule has 0 atom stereocenters. The molecular formula is C13H15FO3. The lowest BCUT2D eigenvalue weighted by Gasteiger charge is -2.18. The maximum atomic E-state index is 14.0. The number of ether oxygens (including phenoxy) is 1. The number of hydrogen-bond donors (Lipinski definition) is 1. The van der Waals surface area contributed by atoms with E-state index in [0.29, 0.717) is 24.2 Å². The van der Waals surface area contributed by atoms with E-state index in [0.717, 1.165) is 5.56 Å². The molecule has 1 fully saturated rings. The zero-order valence-electron chi connectivity index (χ0n) is 9.92. The second-order valence-corrected chi connectivity index (χ2v) is 4.67. The van der Waals surface area contributed by atoms with Crippen LogP contribution in [0.4, 0.5) is 4.39 Å². The first-order valence-electron chi connectivity index (χ1n) is 5.55. The third kappa shape index (κ3) is 2.12. The summed E-state index contributed by atoms with van der Waals surface area (Å²) in [5.41, 5.74) is 0.636. The van der Waals surface area contributed by atoms with Gasteiger partial charge in [-0.05, 0) is 37.5 Å². The number of carboxylic acids is 1. The van der Waals surface area contributed by atoms with E-state index < -0.39 is 11.4 Å². The molecular weight excluding hydrogens is 223 g/mol. The Bertz CT molecular complexity index is 464. The second kappa shape index (κ2) is 4.02. The first kappa shape index (κ1) is 11.9. The number of aliphatic carboxylic acids is 1. The van der Waals surface area contributed by atoms with Crippen molar-refractivity contribution in [2.24, 2.45) is 0 Å². The predicted molar refractivity (Wildman–Crippen MR) is 60.9 cm³/mol. The molecule has 0 aromatic heterocycles. The molecule has 17 heavy (non-hydrogen) atoms. The van der Waals surface area contributed by atoms with Gasteiger partial charge in [0.05, 0.1) is 13.5 Å². The number of halogens is 1. The van der Waals surface area contributed by atoms with Gasteiger partial charge in [0.1, 0.15) is 11.6 Å². The van der Waals surface area contributed by atoms with E-state index in [4.69, 9.17) is 9.84 Å². The van der Waals surface area contributed by atoms with Crippen LogP contribution in [0.5, 0.6) is 5.75 Å². The molecule has 1 aromatic rings. The first-order valence-corrected chi connectivity index (χ1v) is 5.55. The third-order valence-electron chi connectivity index (χ3n) is 3.29. The van der Waals surface area contributed by atoms with E-state index >= 15 is 0 Å². The van der Waals surface area contributed by atoms with Gasteiger partial charge in [0.15, 0.2) is 0 Å². The van der Waals surface area contributed by atoms with Gasteiger partial charge in [-0.15, -0.1) is 0 Å². The highest BCUT2D eigenvalue weighted by Gasteiger charge is 2.49. The van der Waals surface area contributed by atoms with Crippen LogP contribution in [0.3, 0.4) is 0 Å². The quantitative estimate of drug-likeness (QED) is 0.877. The fourth-order valence-electron chi connectivity index (χ4n) is 2.34. The predicted octanol–water partition coefficient (Wildman–Crippen LogP) is 2.65. The molecule has 1 N–H and O–H groups in total. The Morgan fingerprint density at radius 1 is 1.53 bits per heavy atom. The lowest BCUT2D eigenvalue weighted by Crippen LogP contribution is -2.16. The van der Waals surface area contributed by atoms with E-state index in [2.05, 4.69) is 0 Å². The summed E-state index contributed by atoms with van der Waals surface area (Å²) in [6, 6.07) is 3.18. The summed E-state index contributed by atoms with van der Waals surface area (Å²) in [6.45, 7) is 1.78. The molecule has 1 aliphatic rings. The fraction of sp³-hybridized carbons (Fsp3) is 0.462. The van der Waals surface area contributed by atoms with E-state index in [9.17, 15) is 9.18 Å². The van der Waals surface area contributed by atoms with E-state index in [1.165, 1.54) is 13.2 Å². The number of benzene rings is 1. The SMILES string of the molecule is COc1cc(C)cc(F)c1C1(CC(=O)O)CC1. The summed E-state index contributed by atoms with van der Waals surface area (Å²) < 4.78 is 19.2. The van der Waals surface area contributed by atoms with Gasteiger partial charge in [0.25, 0.3) is 0 Å². The number of aryl methyl sites for hydroxylation is 1. The Hall–Kier alpha value is -1.58. The van der Waals surface area contributed by atoms with Gasteiger partial charge < -0.3 is 9.84 Å².